The van der Waals surface area contributed by atoms with Crippen LogP contribution < -0.4 is 14.2 Å². The Bertz CT molecular complexity index is 1160. The summed E-state index contributed by atoms with van der Waals surface area (Å²) in [5.41, 5.74) is 1.55. The summed E-state index contributed by atoms with van der Waals surface area (Å²) < 4.78 is 16.7. The van der Waals surface area contributed by atoms with Gasteiger partial charge in [0.1, 0.15) is 11.5 Å². The van der Waals surface area contributed by atoms with Crippen molar-refractivity contribution in [2.75, 3.05) is 14.2 Å². The summed E-state index contributed by atoms with van der Waals surface area (Å²) >= 11 is 1.48. The fourth-order valence-corrected chi connectivity index (χ4v) is 3.67. The highest BCUT2D eigenvalue weighted by molar-refractivity contribution is 7.09. The maximum atomic E-state index is 12.2. The van der Waals surface area contributed by atoms with E-state index in [-0.39, 0.29) is 5.78 Å². The van der Waals surface area contributed by atoms with Crippen LogP contribution in [0.25, 0.3) is 10.9 Å². The van der Waals surface area contributed by atoms with Crippen molar-refractivity contribution in [2.24, 2.45) is 0 Å². The van der Waals surface area contributed by atoms with Gasteiger partial charge < -0.3 is 14.2 Å². The van der Waals surface area contributed by atoms with Crippen LogP contribution in [0.3, 0.4) is 0 Å². The molecule has 8 heteroatoms. The van der Waals surface area contributed by atoms with E-state index in [4.69, 9.17) is 14.2 Å². The minimum Gasteiger partial charge on any atom is -0.493 e. The molecule has 0 saturated heterocycles. The summed E-state index contributed by atoms with van der Waals surface area (Å²) in [6.45, 7) is 0. The maximum Gasteiger partial charge on any atom is 0.219 e. The van der Waals surface area contributed by atoms with E-state index in [2.05, 4.69) is 15.0 Å². The fourth-order valence-electron chi connectivity index (χ4n) is 3.02. The lowest BCUT2D eigenvalue weighted by molar-refractivity contribution is -0.117. The van der Waals surface area contributed by atoms with Crippen molar-refractivity contribution >= 4 is 28.0 Å². The molecule has 0 spiro atoms. The van der Waals surface area contributed by atoms with Crippen LogP contribution >= 0.6 is 11.3 Å². The second kappa shape index (κ2) is 8.87. The molecule has 0 radical (unpaired) electrons. The van der Waals surface area contributed by atoms with E-state index in [0.717, 1.165) is 21.5 Å². The van der Waals surface area contributed by atoms with E-state index >= 15 is 0 Å². The third kappa shape index (κ3) is 4.38. The number of Topliss-reactive ketones (excluding diaryl/α,β-unsaturated/α-hetero) is 1. The molecule has 30 heavy (non-hydrogen) atoms. The van der Waals surface area contributed by atoms with Crippen molar-refractivity contribution < 1.29 is 19.0 Å². The molecule has 0 unspecified atom stereocenters. The number of nitrogens with zero attached hydrogens (tertiary/aromatic N) is 3. The summed E-state index contributed by atoms with van der Waals surface area (Å²) in [6.07, 6.45) is 5.67. The molecule has 0 aliphatic rings. The molecule has 0 N–H and O–H groups in total. The second-order valence-electron chi connectivity index (χ2n) is 6.46. The molecule has 4 aromatic rings. The maximum absolute atomic E-state index is 12.2. The average molecular weight is 421 g/mol. The molecule has 0 aliphatic carbocycles. The van der Waals surface area contributed by atoms with Gasteiger partial charge >= 0.3 is 0 Å². The Kier molecular flexibility index (Phi) is 5.85. The Morgan fingerprint density at radius 1 is 0.933 bits per heavy atom. The van der Waals surface area contributed by atoms with Gasteiger partial charge in [-0.05, 0) is 17.7 Å². The number of carbonyl (C=O) groups excluding carboxylic acids is 1. The third-order valence-corrected chi connectivity index (χ3v) is 5.23. The molecule has 0 aliphatic heterocycles. The number of fused-ring (bicyclic) bond motifs is 1. The molecule has 7 nitrogen and oxygen atoms in total. The number of rotatable bonds is 8. The fraction of sp³-hybridized carbons (Fsp3) is 0.182. The van der Waals surface area contributed by atoms with Gasteiger partial charge in [-0.2, -0.15) is 0 Å². The smallest absolute Gasteiger partial charge is 0.219 e. The predicted molar refractivity (Wildman–Crippen MR) is 114 cm³/mol. The van der Waals surface area contributed by atoms with Crippen LogP contribution in [0.2, 0.25) is 0 Å². The first-order valence-corrected chi connectivity index (χ1v) is 10.1. The largest absolute Gasteiger partial charge is 0.493 e. The highest BCUT2D eigenvalue weighted by Crippen LogP contribution is 2.36. The lowest BCUT2D eigenvalue weighted by atomic mass is 10.1. The molecule has 152 valence electrons. The summed E-state index contributed by atoms with van der Waals surface area (Å²) in [7, 11) is 3.16. The van der Waals surface area contributed by atoms with E-state index < -0.39 is 0 Å². The zero-order chi connectivity index (χ0) is 20.9. The van der Waals surface area contributed by atoms with Crippen molar-refractivity contribution in [3.63, 3.8) is 0 Å². The van der Waals surface area contributed by atoms with Crippen molar-refractivity contribution in [3.8, 4) is 23.1 Å². The number of benzene rings is 1. The van der Waals surface area contributed by atoms with Gasteiger partial charge in [-0.1, -0.05) is 6.07 Å². The van der Waals surface area contributed by atoms with E-state index in [1.54, 1.807) is 51.0 Å². The zero-order valence-electron chi connectivity index (χ0n) is 16.5. The first-order valence-electron chi connectivity index (χ1n) is 9.20. The average Bonchev–Trinajstić information content (AvgIpc) is 3.27. The van der Waals surface area contributed by atoms with E-state index in [0.29, 0.717) is 36.0 Å². The predicted octanol–water partition coefficient (Wildman–Crippen LogP) is 4.25. The Labute approximate surface area is 177 Å². The number of carbonyl (C=O) groups is 1. The molecule has 0 atom stereocenters. The lowest BCUT2D eigenvalue weighted by Gasteiger charge is -2.12. The number of aromatic nitrogens is 3. The quantitative estimate of drug-likeness (QED) is 0.420. The normalized spacial score (nSPS) is 10.7. The molecule has 1 aromatic carbocycles. The molecule has 3 heterocycles. The standard InChI is InChI=1S/C22H19N3O4S/c1-27-19-11-16-17(12-20(19)28-2)23-6-5-18(16)29-21-4-3-14(13-25-21)9-15(26)10-22-24-7-8-30-22/h3-8,11-13H,9-10H2,1-2H3. The summed E-state index contributed by atoms with van der Waals surface area (Å²) in [6, 6.07) is 8.98. The Hall–Kier alpha value is -3.52. The van der Waals surface area contributed by atoms with Gasteiger partial charge in [-0.15, -0.1) is 11.3 Å². The second-order valence-corrected chi connectivity index (χ2v) is 7.44. The summed E-state index contributed by atoms with van der Waals surface area (Å²) in [5.74, 6) is 2.31. The van der Waals surface area contributed by atoms with Crippen molar-refractivity contribution in [1.29, 1.82) is 0 Å². The van der Waals surface area contributed by atoms with E-state index in [1.807, 2.05) is 17.5 Å². The van der Waals surface area contributed by atoms with E-state index in [1.165, 1.54) is 11.3 Å². The molecule has 3 aromatic heterocycles. The molecule has 0 fully saturated rings. The van der Waals surface area contributed by atoms with Crippen molar-refractivity contribution in [1.82, 2.24) is 15.0 Å². The molecular formula is C22H19N3O4S. The van der Waals surface area contributed by atoms with Crippen molar-refractivity contribution in [2.45, 2.75) is 12.8 Å². The van der Waals surface area contributed by atoms with E-state index in [9.17, 15) is 4.79 Å². The van der Waals surface area contributed by atoms with Gasteiger partial charge in [-0.3, -0.25) is 9.78 Å². The van der Waals surface area contributed by atoms with Crippen LogP contribution in [0.4, 0.5) is 0 Å². The number of ether oxygens (including phenoxy) is 3. The Balaban J connectivity index is 1.50. The number of ketones is 1. The molecule has 0 bridgehead atoms. The summed E-state index contributed by atoms with van der Waals surface area (Å²) in [5, 5.41) is 3.47. The zero-order valence-corrected chi connectivity index (χ0v) is 17.3. The Morgan fingerprint density at radius 2 is 1.77 bits per heavy atom. The number of methoxy groups -OCH3 is 2. The minimum atomic E-state index is 0.0987. The number of pyridine rings is 2. The third-order valence-electron chi connectivity index (χ3n) is 4.45. The lowest BCUT2D eigenvalue weighted by Crippen LogP contribution is -2.06. The number of hydrogen-bond acceptors (Lipinski definition) is 8. The van der Waals surface area contributed by atoms with Crippen LogP contribution in [0, 0.1) is 0 Å². The molecule has 0 amide bonds. The van der Waals surface area contributed by atoms with Gasteiger partial charge in [0.05, 0.1) is 31.2 Å². The van der Waals surface area contributed by atoms with Crippen LogP contribution in [-0.2, 0) is 17.6 Å². The topological polar surface area (TPSA) is 83.4 Å². The van der Waals surface area contributed by atoms with Gasteiger partial charge in [0.25, 0.3) is 0 Å². The number of hydrogen-bond donors (Lipinski definition) is 0. The van der Waals surface area contributed by atoms with Crippen LogP contribution in [0.5, 0.6) is 23.1 Å². The van der Waals surface area contributed by atoms with Gasteiger partial charge in [0, 0.05) is 47.9 Å². The van der Waals surface area contributed by atoms with Crippen LogP contribution in [0.15, 0.2) is 54.3 Å². The van der Waals surface area contributed by atoms with Crippen LogP contribution in [-0.4, -0.2) is 35.0 Å². The first kappa shape index (κ1) is 19.8. The van der Waals surface area contributed by atoms with Gasteiger partial charge in [0.15, 0.2) is 11.5 Å². The summed E-state index contributed by atoms with van der Waals surface area (Å²) in [4.78, 5) is 25.1. The highest BCUT2D eigenvalue weighted by atomic mass is 32.1. The minimum absolute atomic E-state index is 0.0987. The highest BCUT2D eigenvalue weighted by Gasteiger charge is 2.12. The van der Waals surface area contributed by atoms with Crippen molar-refractivity contribution in [3.05, 3.63) is 64.9 Å². The number of thiazole rings is 1. The van der Waals surface area contributed by atoms with Crippen LogP contribution in [0.1, 0.15) is 10.6 Å². The first-order chi connectivity index (χ1) is 14.7. The Morgan fingerprint density at radius 3 is 2.47 bits per heavy atom. The molecule has 4 rings (SSSR count). The molecular weight excluding hydrogens is 402 g/mol. The monoisotopic (exact) mass is 421 g/mol. The SMILES string of the molecule is COc1cc2nccc(Oc3ccc(CC(=O)Cc4nccs4)cn3)c2cc1OC. The molecule has 0 saturated carbocycles. The van der Waals surface area contributed by atoms with Gasteiger partial charge in [0.2, 0.25) is 5.88 Å². The van der Waals surface area contributed by atoms with Gasteiger partial charge in [-0.25, -0.2) is 9.97 Å².